The summed E-state index contributed by atoms with van der Waals surface area (Å²) in [5, 5.41) is 11.2. The van der Waals surface area contributed by atoms with Gasteiger partial charge in [0.25, 0.3) is 11.1 Å². The van der Waals surface area contributed by atoms with E-state index >= 15 is 0 Å². The first-order valence-electron chi connectivity index (χ1n) is 10.1. The second kappa shape index (κ2) is 10.2. The number of rotatable bonds is 8. The number of amides is 1. The lowest BCUT2D eigenvalue weighted by Gasteiger charge is -2.35. The fourth-order valence-electron chi connectivity index (χ4n) is 3.31. The van der Waals surface area contributed by atoms with E-state index < -0.39 is 0 Å². The fraction of sp³-hybridized carbons (Fsp3) is 0.273. The number of hydrogen-bond donors (Lipinski definition) is 1. The van der Waals surface area contributed by atoms with Crippen molar-refractivity contribution < 1.29 is 9.21 Å². The molecular weight excluding hydrogens is 412 g/mol. The van der Waals surface area contributed by atoms with E-state index in [0.717, 1.165) is 38.4 Å². The van der Waals surface area contributed by atoms with Crippen molar-refractivity contribution in [3.05, 3.63) is 61.3 Å². The van der Waals surface area contributed by atoms with Crippen molar-refractivity contribution in [2.24, 2.45) is 0 Å². The monoisotopic (exact) mass is 436 g/mol. The van der Waals surface area contributed by atoms with Crippen molar-refractivity contribution in [2.75, 3.05) is 48.7 Å². The summed E-state index contributed by atoms with van der Waals surface area (Å²) >= 11 is 1.19. The minimum atomic E-state index is -0.131. The van der Waals surface area contributed by atoms with Gasteiger partial charge in [-0.05, 0) is 36.4 Å². The fourth-order valence-corrected chi connectivity index (χ4v) is 3.88. The van der Waals surface area contributed by atoms with Gasteiger partial charge in [0.05, 0.1) is 5.75 Å². The summed E-state index contributed by atoms with van der Waals surface area (Å²) in [6.45, 7) is 8.77. The molecule has 160 valence electrons. The van der Waals surface area contributed by atoms with Crippen LogP contribution in [0.2, 0.25) is 0 Å². The molecule has 0 saturated carbocycles. The Morgan fingerprint density at radius 3 is 2.65 bits per heavy atom. The van der Waals surface area contributed by atoms with Crippen LogP contribution in [0, 0.1) is 0 Å². The zero-order valence-electron chi connectivity index (χ0n) is 17.1. The average molecular weight is 437 g/mol. The summed E-state index contributed by atoms with van der Waals surface area (Å²) in [5.74, 6) is 0.384. The third-order valence-corrected chi connectivity index (χ3v) is 5.71. The maximum absolute atomic E-state index is 12.3. The highest BCUT2D eigenvalue weighted by Gasteiger charge is 2.16. The van der Waals surface area contributed by atoms with E-state index in [-0.39, 0.29) is 11.7 Å². The number of piperazine rings is 1. The maximum atomic E-state index is 12.3. The maximum Gasteiger partial charge on any atom is 0.277 e. The first-order chi connectivity index (χ1) is 15.2. The van der Waals surface area contributed by atoms with Crippen LogP contribution in [-0.4, -0.2) is 64.5 Å². The van der Waals surface area contributed by atoms with Crippen molar-refractivity contribution in [1.29, 1.82) is 0 Å². The van der Waals surface area contributed by atoms with Gasteiger partial charge in [0, 0.05) is 50.3 Å². The highest BCUT2D eigenvalue weighted by molar-refractivity contribution is 7.99. The lowest BCUT2D eigenvalue weighted by molar-refractivity contribution is -0.113. The summed E-state index contributed by atoms with van der Waals surface area (Å²) < 4.78 is 5.56. The predicted molar refractivity (Wildman–Crippen MR) is 122 cm³/mol. The Kier molecular flexibility index (Phi) is 6.96. The van der Waals surface area contributed by atoms with Crippen LogP contribution in [0.5, 0.6) is 0 Å². The van der Waals surface area contributed by atoms with Gasteiger partial charge in [-0.1, -0.05) is 23.9 Å². The minimum Gasteiger partial charge on any atom is -0.410 e. The predicted octanol–water partition coefficient (Wildman–Crippen LogP) is 3.17. The molecule has 4 rings (SSSR count). The first-order valence-corrected chi connectivity index (χ1v) is 11.1. The van der Waals surface area contributed by atoms with Crippen LogP contribution in [0.4, 0.5) is 11.4 Å². The first kappa shape index (κ1) is 21.1. The van der Waals surface area contributed by atoms with E-state index in [1.54, 1.807) is 12.3 Å². The molecule has 9 heteroatoms. The lowest BCUT2D eigenvalue weighted by atomic mass is 10.2. The minimum absolute atomic E-state index is 0.131. The number of aromatic nitrogens is 3. The molecule has 1 aromatic carbocycles. The second-order valence-electron chi connectivity index (χ2n) is 7.05. The number of nitrogens with one attached hydrogen (secondary N) is 1. The van der Waals surface area contributed by atoms with Gasteiger partial charge in [0.2, 0.25) is 5.91 Å². The van der Waals surface area contributed by atoms with Gasteiger partial charge in [0.1, 0.15) is 5.69 Å². The third kappa shape index (κ3) is 5.71. The summed E-state index contributed by atoms with van der Waals surface area (Å²) in [7, 11) is 0. The number of carbonyl (C=O) groups is 1. The molecule has 1 aliphatic heterocycles. The van der Waals surface area contributed by atoms with Crippen LogP contribution in [0.1, 0.15) is 0 Å². The molecule has 0 aliphatic carbocycles. The number of thioether (sulfide) groups is 1. The molecule has 3 aromatic rings. The standard InChI is InChI=1S/C22H24N6O2S/c1-2-11-27-12-14-28(15-13-27)18-8-6-17(7-9-18)24-20(29)16-31-22-26-25-21(30-22)19-5-3-4-10-23-19/h2-10H,1,11-16H2,(H,24,29). The Morgan fingerprint density at radius 1 is 1.13 bits per heavy atom. The topological polar surface area (TPSA) is 87.4 Å². The molecule has 1 amide bonds. The molecule has 8 nitrogen and oxygen atoms in total. The van der Waals surface area contributed by atoms with Gasteiger partial charge in [-0.2, -0.15) is 0 Å². The molecule has 31 heavy (non-hydrogen) atoms. The van der Waals surface area contributed by atoms with Gasteiger partial charge >= 0.3 is 0 Å². The number of benzene rings is 1. The molecule has 0 atom stereocenters. The molecule has 0 unspecified atom stereocenters. The van der Waals surface area contributed by atoms with Crippen LogP contribution in [0.15, 0.2) is 71.0 Å². The van der Waals surface area contributed by atoms with E-state index in [2.05, 4.69) is 36.9 Å². The van der Waals surface area contributed by atoms with Crippen molar-refractivity contribution >= 4 is 29.0 Å². The van der Waals surface area contributed by atoms with Crippen LogP contribution in [0.25, 0.3) is 11.6 Å². The molecule has 0 spiro atoms. The summed E-state index contributed by atoms with van der Waals surface area (Å²) in [6.07, 6.45) is 3.61. The van der Waals surface area contributed by atoms with E-state index in [9.17, 15) is 4.79 Å². The Bertz CT molecular complexity index is 1000. The smallest absolute Gasteiger partial charge is 0.277 e. The number of carbonyl (C=O) groups excluding carboxylic acids is 1. The molecular formula is C22H24N6O2S. The molecule has 0 bridgehead atoms. The lowest BCUT2D eigenvalue weighted by Crippen LogP contribution is -2.46. The van der Waals surface area contributed by atoms with Crippen molar-refractivity contribution in [3.63, 3.8) is 0 Å². The van der Waals surface area contributed by atoms with E-state index in [1.807, 2.05) is 42.5 Å². The molecule has 3 heterocycles. The number of nitrogens with zero attached hydrogens (tertiary/aromatic N) is 5. The highest BCUT2D eigenvalue weighted by Crippen LogP contribution is 2.23. The van der Waals surface area contributed by atoms with E-state index in [0.29, 0.717) is 16.8 Å². The average Bonchev–Trinajstić information content (AvgIpc) is 3.29. The zero-order chi connectivity index (χ0) is 21.5. The van der Waals surface area contributed by atoms with E-state index in [4.69, 9.17) is 4.42 Å². The van der Waals surface area contributed by atoms with Crippen LogP contribution < -0.4 is 10.2 Å². The highest BCUT2D eigenvalue weighted by atomic mass is 32.2. The van der Waals surface area contributed by atoms with Crippen molar-refractivity contribution in [2.45, 2.75) is 5.22 Å². The largest absolute Gasteiger partial charge is 0.410 e. The Morgan fingerprint density at radius 2 is 1.94 bits per heavy atom. The number of pyridine rings is 1. The Labute approximate surface area is 185 Å². The number of hydrogen-bond acceptors (Lipinski definition) is 8. The quantitative estimate of drug-likeness (QED) is 0.426. The van der Waals surface area contributed by atoms with Gasteiger partial charge in [-0.25, -0.2) is 0 Å². The molecule has 0 radical (unpaired) electrons. The summed E-state index contributed by atoms with van der Waals surface area (Å²) in [4.78, 5) is 21.2. The normalized spacial score (nSPS) is 14.4. The van der Waals surface area contributed by atoms with Gasteiger partial charge < -0.3 is 14.6 Å². The molecule has 1 saturated heterocycles. The van der Waals surface area contributed by atoms with Crippen LogP contribution in [0.3, 0.4) is 0 Å². The van der Waals surface area contributed by atoms with Gasteiger partial charge in [-0.15, -0.1) is 16.8 Å². The second-order valence-corrected chi connectivity index (χ2v) is 7.97. The van der Waals surface area contributed by atoms with Gasteiger partial charge in [0.15, 0.2) is 0 Å². The Hall–Kier alpha value is -3.17. The molecule has 1 N–H and O–H groups in total. The summed E-state index contributed by atoms with van der Waals surface area (Å²) in [6, 6.07) is 13.4. The summed E-state index contributed by atoms with van der Waals surface area (Å²) in [5.41, 5.74) is 2.53. The van der Waals surface area contributed by atoms with Gasteiger partial charge in [-0.3, -0.25) is 14.7 Å². The molecule has 2 aromatic heterocycles. The third-order valence-electron chi connectivity index (χ3n) is 4.89. The van der Waals surface area contributed by atoms with Crippen LogP contribution >= 0.6 is 11.8 Å². The zero-order valence-corrected chi connectivity index (χ0v) is 17.9. The van der Waals surface area contributed by atoms with Crippen LogP contribution in [-0.2, 0) is 4.79 Å². The molecule has 1 aliphatic rings. The van der Waals surface area contributed by atoms with Crippen molar-refractivity contribution in [3.8, 4) is 11.6 Å². The number of anilines is 2. The van der Waals surface area contributed by atoms with E-state index in [1.165, 1.54) is 17.4 Å². The molecule has 1 fully saturated rings. The Balaban J connectivity index is 1.25. The van der Waals surface area contributed by atoms with Crippen molar-refractivity contribution in [1.82, 2.24) is 20.1 Å². The SMILES string of the molecule is C=CCN1CCN(c2ccc(NC(=O)CSc3nnc(-c4ccccn4)o3)cc2)CC1.